The highest BCUT2D eigenvalue weighted by atomic mass is 32.2. The molecule has 0 aromatic rings. The maximum atomic E-state index is 12.4. The number of β-lactam (4-membered cyclic amide) rings is 1. The van der Waals surface area contributed by atoms with Crippen molar-refractivity contribution < 1.29 is 19.5 Å². The van der Waals surface area contributed by atoms with Crippen LogP contribution in [0.15, 0.2) is 10.6 Å². The van der Waals surface area contributed by atoms with Crippen molar-refractivity contribution in [3.05, 3.63) is 10.6 Å². The van der Waals surface area contributed by atoms with E-state index in [9.17, 15) is 19.5 Å². The van der Waals surface area contributed by atoms with Gasteiger partial charge in [0.2, 0.25) is 5.91 Å². The quantitative estimate of drug-likeness (QED) is 0.679. The normalized spacial score (nSPS) is 28.5. The molecule has 2 heterocycles. The van der Waals surface area contributed by atoms with Crippen LogP contribution < -0.4 is 5.73 Å². The molecule has 2 aliphatic rings. The Labute approximate surface area is 134 Å². The second kappa shape index (κ2) is 6.42. The fourth-order valence-corrected chi connectivity index (χ4v) is 4.62. The summed E-state index contributed by atoms with van der Waals surface area (Å²) in [5.74, 6) is -0.940. The van der Waals surface area contributed by atoms with Crippen LogP contribution in [-0.4, -0.2) is 46.0 Å². The van der Waals surface area contributed by atoms with Gasteiger partial charge >= 0.3 is 5.97 Å². The summed E-state index contributed by atoms with van der Waals surface area (Å²) in [5.41, 5.74) is 5.61. The van der Waals surface area contributed by atoms with Gasteiger partial charge < -0.3 is 20.5 Å². The third-order valence-electron chi connectivity index (χ3n) is 4.39. The lowest BCUT2D eigenvalue weighted by Crippen LogP contribution is -2.62. The zero-order valence-corrected chi connectivity index (χ0v) is 13.9. The number of Topliss-reactive ketones (excluding diaryl/α,β-unsaturated/α-hetero) is 1. The maximum Gasteiger partial charge on any atom is 0.353 e. The van der Waals surface area contributed by atoms with E-state index in [0.717, 1.165) is 4.91 Å². The molecule has 4 atom stereocenters. The smallest absolute Gasteiger partial charge is 0.353 e. The molecule has 2 aliphatic heterocycles. The molecule has 22 heavy (non-hydrogen) atoms. The molecule has 0 saturated carbocycles. The molecular formula is C15H22N2O4S. The molecule has 7 heteroatoms. The van der Waals surface area contributed by atoms with Gasteiger partial charge in [0.15, 0.2) is 0 Å². The van der Waals surface area contributed by atoms with Crippen LogP contribution in [0.25, 0.3) is 0 Å². The molecular weight excluding hydrogens is 304 g/mol. The van der Waals surface area contributed by atoms with Gasteiger partial charge in [-0.2, -0.15) is 0 Å². The van der Waals surface area contributed by atoms with Crippen molar-refractivity contribution in [2.45, 2.75) is 33.2 Å². The first-order valence-electron chi connectivity index (χ1n) is 7.44. The van der Waals surface area contributed by atoms with Gasteiger partial charge in [0, 0.05) is 29.5 Å². The molecule has 0 bridgehead atoms. The number of carbonyl (C=O) groups is 3. The van der Waals surface area contributed by atoms with Gasteiger partial charge in [-0.1, -0.05) is 13.8 Å². The minimum Gasteiger partial charge on any atom is -0.477 e. The van der Waals surface area contributed by atoms with Gasteiger partial charge in [-0.05, 0) is 12.8 Å². The second-order valence-electron chi connectivity index (χ2n) is 6.05. The fourth-order valence-electron chi connectivity index (χ4n) is 3.55. The Kier molecular flexibility index (Phi) is 4.97. The van der Waals surface area contributed by atoms with Crippen LogP contribution in [0, 0.1) is 17.8 Å². The summed E-state index contributed by atoms with van der Waals surface area (Å²) in [7, 11) is 0. The van der Waals surface area contributed by atoms with E-state index in [0.29, 0.717) is 18.7 Å². The minimum absolute atomic E-state index is 0.0280. The summed E-state index contributed by atoms with van der Waals surface area (Å²) in [6.45, 7) is 5.81. The number of thioether (sulfide) groups is 1. The van der Waals surface area contributed by atoms with E-state index in [-0.39, 0.29) is 41.2 Å². The van der Waals surface area contributed by atoms with E-state index in [1.165, 1.54) is 23.6 Å². The molecule has 0 aromatic carbocycles. The molecule has 0 unspecified atom stereocenters. The van der Waals surface area contributed by atoms with Crippen molar-refractivity contribution in [1.82, 2.24) is 4.90 Å². The Morgan fingerprint density at radius 1 is 1.45 bits per heavy atom. The Balaban J connectivity index is 2.26. The van der Waals surface area contributed by atoms with Gasteiger partial charge in [-0.3, -0.25) is 4.79 Å². The number of carboxylic acid groups (broad SMARTS) is 1. The van der Waals surface area contributed by atoms with Crippen molar-refractivity contribution in [1.29, 1.82) is 0 Å². The predicted octanol–water partition coefficient (Wildman–Crippen LogP) is 1.07. The number of carbonyl (C=O) groups excluding carboxylic acids is 2. The van der Waals surface area contributed by atoms with Crippen LogP contribution in [-0.2, 0) is 14.4 Å². The van der Waals surface area contributed by atoms with Crippen LogP contribution in [0.1, 0.15) is 27.2 Å². The number of carboxylic acids is 1. The molecule has 122 valence electrons. The van der Waals surface area contributed by atoms with Gasteiger partial charge in [0.05, 0.1) is 12.0 Å². The molecule has 0 aromatic heterocycles. The van der Waals surface area contributed by atoms with Crippen molar-refractivity contribution in [3.63, 3.8) is 0 Å². The average Bonchev–Trinajstić information content (AvgIpc) is 2.65. The summed E-state index contributed by atoms with van der Waals surface area (Å²) < 4.78 is 0. The highest BCUT2D eigenvalue weighted by Crippen LogP contribution is 2.51. The fraction of sp³-hybridized carbons (Fsp3) is 0.667. The molecule has 1 saturated heterocycles. The lowest BCUT2D eigenvalue weighted by atomic mass is 9.73. The Morgan fingerprint density at radius 3 is 2.59 bits per heavy atom. The monoisotopic (exact) mass is 326 g/mol. The van der Waals surface area contributed by atoms with Crippen LogP contribution in [0.2, 0.25) is 0 Å². The number of fused-ring (bicyclic) bond motifs is 1. The number of nitrogens with zero attached hydrogens (tertiary/aromatic N) is 1. The lowest BCUT2D eigenvalue weighted by Gasteiger charge is -2.47. The first-order valence-corrected chi connectivity index (χ1v) is 8.42. The predicted molar refractivity (Wildman–Crippen MR) is 83.9 cm³/mol. The van der Waals surface area contributed by atoms with Crippen LogP contribution >= 0.6 is 11.8 Å². The zero-order valence-electron chi connectivity index (χ0n) is 13.0. The van der Waals surface area contributed by atoms with Crippen LogP contribution in [0.4, 0.5) is 0 Å². The summed E-state index contributed by atoms with van der Waals surface area (Å²) in [4.78, 5) is 37.4. The largest absolute Gasteiger partial charge is 0.477 e. The topological polar surface area (TPSA) is 101 Å². The van der Waals surface area contributed by atoms with Crippen LogP contribution in [0.5, 0.6) is 0 Å². The molecule has 2 rings (SSSR count). The van der Waals surface area contributed by atoms with E-state index in [4.69, 9.17) is 5.73 Å². The zero-order chi connectivity index (χ0) is 16.6. The third kappa shape index (κ3) is 2.67. The number of nitrogens with two attached hydrogens (primary N) is 1. The number of ketones is 1. The molecule has 1 amide bonds. The molecule has 0 aliphatic carbocycles. The van der Waals surface area contributed by atoms with Gasteiger partial charge in [0.1, 0.15) is 11.5 Å². The van der Waals surface area contributed by atoms with E-state index < -0.39 is 5.97 Å². The summed E-state index contributed by atoms with van der Waals surface area (Å²) >= 11 is 1.42. The Hall–Kier alpha value is -1.34. The minimum atomic E-state index is -1.07. The highest BCUT2D eigenvalue weighted by molar-refractivity contribution is 8.03. The van der Waals surface area contributed by atoms with Crippen molar-refractivity contribution in [2.24, 2.45) is 23.5 Å². The number of hydrogen-bond donors (Lipinski definition) is 2. The summed E-state index contributed by atoms with van der Waals surface area (Å²) in [6.07, 6.45) is 0.348. The maximum absolute atomic E-state index is 12.4. The van der Waals surface area contributed by atoms with Crippen molar-refractivity contribution in [2.75, 3.05) is 12.3 Å². The van der Waals surface area contributed by atoms with Gasteiger partial charge in [-0.25, -0.2) is 4.79 Å². The van der Waals surface area contributed by atoms with Crippen molar-refractivity contribution in [3.8, 4) is 0 Å². The van der Waals surface area contributed by atoms with Gasteiger partial charge in [-0.15, -0.1) is 11.8 Å². The van der Waals surface area contributed by atoms with Gasteiger partial charge in [0.25, 0.3) is 0 Å². The third-order valence-corrected chi connectivity index (χ3v) is 5.71. The average molecular weight is 326 g/mol. The molecule has 0 spiro atoms. The molecule has 6 nitrogen and oxygen atoms in total. The van der Waals surface area contributed by atoms with E-state index >= 15 is 0 Å². The molecule has 3 N–H and O–H groups in total. The Bertz CT molecular complexity index is 546. The first kappa shape index (κ1) is 17.0. The Morgan fingerprint density at radius 2 is 2.09 bits per heavy atom. The molecule has 1 fully saturated rings. The SMILES string of the molecule is CC(=O)C[C@H](C)[C@H]1C(=O)N2C(C(=O)O)=C(SCCN)[C@H](C)[C@H]12. The van der Waals surface area contributed by atoms with E-state index in [2.05, 4.69) is 0 Å². The van der Waals surface area contributed by atoms with Crippen LogP contribution in [0.3, 0.4) is 0 Å². The number of amides is 1. The van der Waals surface area contributed by atoms with Crippen molar-refractivity contribution >= 4 is 29.4 Å². The first-order chi connectivity index (χ1) is 10.3. The second-order valence-corrected chi connectivity index (χ2v) is 7.19. The summed E-state index contributed by atoms with van der Waals surface area (Å²) in [5, 5.41) is 9.46. The highest BCUT2D eigenvalue weighted by Gasteiger charge is 2.59. The van der Waals surface area contributed by atoms with E-state index in [1.54, 1.807) is 0 Å². The lowest BCUT2D eigenvalue weighted by molar-refractivity contribution is -0.160. The standard InChI is InChI=1S/C15H22N2O4S/c1-7(6-8(2)18)10-11-9(3)13(22-5-4-16)12(15(20)21)17(11)14(10)19/h7,9-11H,4-6,16H2,1-3H3,(H,20,21)/t7-,9+,10+,11+/m0/s1. The number of hydrogen-bond acceptors (Lipinski definition) is 5. The summed E-state index contributed by atoms with van der Waals surface area (Å²) in [6, 6.07) is -0.145. The number of rotatable bonds is 7. The number of aliphatic carboxylic acids is 1. The molecule has 0 radical (unpaired) electrons. The van der Waals surface area contributed by atoms with E-state index in [1.807, 2.05) is 13.8 Å².